The van der Waals surface area contributed by atoms with Gasteiger partial charge in [-0.05, 0) is 60.0 Å². The molecule has 29 heavy (non-hydrogen) atoms. The number of hydrogen-bond acceptors (Lipinski definition) is 4. The second-order valence-electron chi connectivity index (χ2n) is 7.33. The Labute approximate surface area is 171 Å². The van der Waals surface area contributed by atoms with Crippen LogP contribution in [-0.2, 0) is 10.0 Å². The van der Waals surface area contributed by atoms with Crippen LogP contribution in [0.25, 0.3) is 10.8 Å². The number of rotatable bonds is 6. The van der Waals surface area contributed by atoms with E-state index in [0.717, 1.165) is 35.7 Å². The van der Waals surface area contributed by atoms with Gasteiger partial charge in [-0.2, -0.15) is 4.31 Å². The third-order valence-corrected chi connectivity index (χ3v) is 7.24. The van der Waals surface area contributed by atoms with Gasteiger partial charge in [0.1, 0.15) is 0 Å². The van der Waals surface area contributed by atoms with Crippen LogP contribution in [0, 0.1) is 0 Å². The van der Waals surface area contributed by atoms with E-state index in [9.17, 15) is 13.2 Å². The quantitative estimate of drug-likeness (QED) is 0.617. The summed E-state index contributed by atoms with van der Waals surface area (Å²) in [5, 5.41) is 5.41. The average Bonchev–Trinajstić information content (AvgIpc) is 2.78. The molecule has 3 aromatic rings. The molecule has 3 aromatic carbocycles. The fraction of sp³-hybridized carbons (Fsp3) is 0.261. The Bertz CT molecular complexity index is 1120. The molecule has 6 heteroatoms. The number of Topliss-reactive ketones (excluding diaryl/α,β-unsaturated/α-hetero) is 1. The summed E-state index contributed by atoms with van der Waals surface area (Å²) >= 11 is 0. The number of benzene rings is 3. The van der Waals surface area contributed by atoms with E-state index >= 15 is 0 Å². The average molecular weight is 409 g/mol. The van der Waals surface area contributed by atoms with Crippen molar-refractivity contribution in [1.29, 1.82) is 0 Å². The number of ketones is 1. The Balaban J connectivity index is 1.42. The maximum Gasteiger partial charge on any atom is 0.243 e. The van der Waals surface area contributed by atoms with Gasteiger partial charge in [0.15, 0.2) is 5.78 Å². The maximum absolute atomic E-state index is 12.7. The van der Waals surface area contributed by atoms with E-state index in [1.807, 2.05) is 42.5 Å². The van der Waals surface area contributed by atoms with Gasteiger partial charge in [0.25, 0.3) is 0 Å². The lowest BCUT2D eigenvalue weighted by Crippen LogP contribution is -2.35. The van der Waals surface area contributed by atoms with Crippen molar-refractivity contribution in [3.63, 3.8) is 0 Å². The predicted octanol–water partition coefficient (Wildman–Crippen LogP) is 4.31. The van der Waals surface area contributed by atoms with E-state index in [1.54, 1.807) is 12.1 Å². The van der Waals surface area contributed by atoms with Gasteiger partial charge < -0.3 is 5.32 Å². The van der Waals surface area contributed by atoms with Crippen molar-refractivity contribution in [3.05, 3.63) is 72.3 Å². The van der Waals surface area contributed by atoms with Crippen molar-refractivity contribution >= 4 is 32.3 Å². The molecule has 0 radical (unpaired) electrons. The highest BCUT2D eigenvalue weighted by molar-refractivity contribution is 7.89. The molecule has 1 heterocycles. The molecule has 0 amide bonds. The molecule has 0 saturated carbocycles. The molecule has 0 bridgehead atoms. The summed E-state index contributed by atoms with van der Waals surface area (Å²) in [6, 6.07) is 20.3. The lowest BCUT2D eigenvalue weighted by atomic mass is 10.1. The van der Waals surface area contributed by atoms with Gasteiger partial charge in [-0.1, -0.05) is 36.8 Å². The largest absolute Gasteiger partial charge is 0.378 e. The minimum absolute atomic E-state index is 0.0833. The zero-order valence-electron chi connectivity index (χ0n) is 16.2. The number of piperidine rings is 1. The highest BCUT2D eigenvalue weighted by Crippen LogP contribution is 2.22. The summed E-state index contributed by atoms with van der Waals surface area (Å²) < 4.78 is 27.0. The number of anilines is 1. The minimum Gasteiger partial charge on any atom is -0.378 e. The lowest BCUT2D eigenvalue weighted by Gasteiger charge is -2.25. The van der Waals surface area contributed by atoms with E-state index in [0.29, 0.717) is 18.7 Å². The van der Waals surface area contributed by atoms with Gasteiger partial charge in [-0.15, -0.1) is 0 Å². The normalized spacial score (nSPS) is 15.3. The van der Waals surface area contributed by atoms with Crippen LogP contribution in [0.5, 0.6) is 0 Å². The van der Waals surface area contributed by atoms with Gasteiger partial charge in [0.2, 0.25) is 10.0 Å². The van der Waals surface area contributed by atoms with Gasteiger partial charge in [0.05, 0.1) is 11.4 Å². The number of sulfonamides is 1. The molecule has 1 aliphatic rings. The fourth-order valence-electron chi connectivity index (χ4n) is 3.65. The van der Waals surface area contributed by atoms with Crippen LogP contribution in [-0.4, -0.2) is 38.1 Å². The van der Waals surface area contributed by atoms with Crippen molar-refractivity contribution in [2.75, 3.05) is 25.0 Å². The van der Waals surface area contributed by atoms with Crippen LogP contribution in [0.3, 0.4) is 0 Å². The summed E-state index contributed by atoms with van der Waals surface area (Å²) in [4.78, 5) is 12.8. The molecule has 1 aliphatic heterocycles. The Morgan fingerprint density at radius 3 is 2.28 bits per heavy atom. The van der Waals surface area contributed by atoms with Crippen LogP contribution in [0.15, 0.2) is 71.6 Å². The summed E-state index contributed by atoms with van der Waals surface area (Å²) in [6.07, 6.45) is 2.87. The van der Waals surface area contributed by atoms with Gasteiger partial charge in [0, 0.05) is 24.3 Å². The van der Waals surface area contributed by atoms with Crippen LogP contribution in [0.2, 0.25) is 0 Å². The first kappa shape index (κ1) is 19.6. The summed E-state index contributed by atoms with van der Waals surface area (Å²) in [7, 11) is -3.47. The molecule has 5 nitrogen and oxygen atoms in total. The van der Waals surface area contributed by atoms with Crippen molar-refractivity contribution in [2.24, 2.45) is 0 Å². The smallest absolute Gasteiger partial charge is 0.243 e. The predicted molar refractivity (Wildman–Crippen MR) is 116 cm³/mol. The molecule has 0 unspecified atom stereocenters. The number of hydrogen-bond donors (Lipinski definition) is 1. The van der Waals surface area contributed by atoms with Crippen molar-refractivity contribution in [2.45, 2.75) is 24.2 Å². The number of carbonyl (C=O) groups is 1. The summed E-state index contributed by atoms with van der Waals surface area (Å²) in [5.74, 6) is -0.0833. The van der Waals surface area contributed by atoms with E-state index in [1.165, 1.54) is 16.4 Å². The van der Waals surface area contributed by atoms with Gasteiger partial charge in [-0.25, -0.2) is 8.42 Å². The van der Waals surface area contributed by atoms with E-state index in [2.05, 4.69) is 5.32 Å². The fourth-order valence-corrected chi connectivity index (χ4v) is 5.17. The first-order valence-electron chi connectivity index (χ1n) is 9.90. The van der Waals surface area contributed by atoms with E-state index in [4.69, 9.17) is 0 Å². The maximum atomic E-state index is 12.7. The standard InChI is InChI=1S/C23H24N2O3S/c26-23(17-24-21-11-8-18-6-2-3-7-20(18)16-21)19-9-12-22(13-10-19)29(27,28)25-14-4-1-5-15-25/h2-3,6-13,16,24H,1,4-5,14-15,17H2. The van der Waals surface area contributed by atoms with E-state index in [-0.39, 0.29) is 17.2 Å². The van der Waals surface area contributed by atoms with Crippen molar-refractivity contribution in [3.8, 4) is 0 Å². The molecular formula is C23H24N2O3S. The van der Waals surface area contributed by atoms with Crippen LogP contribution < -0.4 is 5.32 Å². The Kier molecular flexibility index (Phi) is 5.65. The molecule has 0 spiro atoms. The molecule has 1 fully saturated rings. The monoisotopic (exact) mass is 408 g/mol. The first-order valence-corrected chi connectivity index (χ1v) is 11.3. The van der Waals surface area contributed by atoms with Gasteiger partial charge in [-0.3, -0.25) is 4.79 Å². The van der Waals surface area contributed by atoms with Crippen molar-refractivity contribution in [1.82, 2.24) is 4.31 Å². The topological polar surface area (TPSA) is 66.5 Å². The molecule has 0 aliphatic carbocycles. The molecule has 0 atom stereocenters. The SMILES string of the molecule is O=C(CNc1ccc2ccccc2c1)c1ccc(S(=O)(=O)N2CCCCC2)cc1. The molecule has 150 valence electrons. The molecule has 0 aromatic heterocycles. The molecular weight excluding hydrogens is 384 g/mol. The first-order chi connectivity index (χ1) is 14.0. The minimum atomic E-state index is -3.47. The number of nitrogens with zero attached hydrogens (tertiary/aromatic N) is 1. The summed E-state index contributed by atoms with van der Waals surface area (Å²) in [6.45, 7) is 1.29. The lowest BCUT2D eigenvalue weighted by molar-refractivity contribution is 0.101. The Hall–Kier alpha value is -2.70. The van der Waals surface area contributed by atoms with Crippen LogP contribution in [0.1, 0.15) is 29.6 Å². The number of fused-ring (bicyclic) bond motifs is 1. The van der Waals surface area contributed by atoms with Gasteiger partial charge >= 0.3 is 0 Å². The van der Waals surface area contributed by atoms with Crippen molar-refractivity contribution < 1.29 is 13.2 Å². The molecule has 1 saturated heterocycles. The number of nitrogens with one attached hydrogen (secondary N) is 1. The van der Waals surface area contributed by atoms with Crippen LogP contribution >= 0.6 is 0 Å². The Morgan fingerprint density at radius 1 is 0.862 bits per heavy atom. The zero-order chi connectivity index (χ0) is 20.3. The number of carbonyl (C=O) groups excluding carboxylic acids is 1. The summed E-state index contributed by atoms with van der Waals surface area (Å²) in [5.41, 5.74) is 1.37. The third-order valence-electron chi connectivity index (χ3n) is 5.33. The third kappa shape index (κ3) is 4.33. The highest BCUT2D eigenvalue weighted by atomic mass is 32.2. The highest BCUT2D eigenvalue weighted by Gasteiger charge is 2.25. The van der Waals surface area contributed by atoms with E-state index < -0.39 is 10.0 Å². The second kappa shape index (κ2) is 8.35. The second-order valence-corrected chi connectivity index (χ2v) is 9.27. The molecule has 4 rings (SSSR count). The van der Waals surface area contributed by atoms with Crippen LogP contribution in [0.4, 0.5) is 5.69 Å². The zero-order valence-corrected chi connectivity index (χ0v) is 17.0. The Morgan fingerprint density at radius 2 is 1.55 bits per heavy atom. The molecule has 1 N–H and O–H groups in total.